The second-order valence-corrected chi connectivity index (χ2v) is 7.18. The van der Waals surface area contributed by atoms with Crippen molar-refractivity contribution in [3.63, 3.8) is 0 Å². The van der Waals surface area contributed by atoms with Gasteiger partial charge in [0.05, 0.1) is 11.4 Å². The normalized spacial score (nSPS) is 11.0. The molecule has 0 radical (unpaired) electrons. The van der Waals surface area contributed by atoms with E-state index in [9.17, 15) is 4.79 Å². The van der Waals surface area contributed by atoms with Gasteiger partial charge in [-0.05, 0) is 54.7 Å². The van der Waals surface area contributed by atoms with Crippen molar-refractivity contribution in [3.8, 4) is 11.3 Å². The maximum Gasteiger partial charge on any atom is 0.269 e. The molecule has 0 saturated carbocycles. The molecule has 4 aromatic rings. The van der Waals surface area contributed by atoms with Gasteiger partial charge in [0.15, 0.2) is 0 Å². The zero-order chi connectivity index (χ0) is 18.8. The Hall–Kier alpha value is -3.06. The summed E-state index contributed by atoms with van der Waals surface area (Å²) in [5, 5.41) is 6.97. The van der Waals surface area contributed by atoms with Gasteiger partial charge in [-0.2, -0.15) is 0 Å². The number of aromatic nitrogens is 4. The minimum absolute atomic E-state index is 0.163. The van der Waals surface area contributed by atoms with Crippen LogP contribution in [0.25, 0.3) is 16.9 Å². The lowest BCUT2D eigenvalue weighted by Crippen LogP contribution is -2.12. The molecule has 136 valence electrons. The number of carbonyl (C=O) groups is 1. The average molecular weight is 377 g/mol. The molecule has 27 heavy (non-hydrogen) atoms. The van der Waals surface area contributed by atoms with Crippen LogP contribution in [0.1, 0.15) is 34.3 Å². The Balaban J connectivity index is 1.53. The van der Waals surface area contributed by atoms with Crippen molar-refractivity contribution in [2.45, 2.75) is 26.7 Å². The molecular weight excluding hydrogens is 358 g/mol. The van der Waals surface area contributed by atoms with E-state index >= 15 is 0 Å². The maximum absolute atomic E-state index is 12.5. The molecule has 6 nitrogen and oxygen atoms in total. The number of rotatable bonds is 5. The Kier molecular flexibility index (Phi) is 4.68. The van der Waals surface area contributed by atoms with Crippen LogP contribution in [-0.2, 0) is 6.42 Å². The highest BCUT2D eigenvalue weighted by molar-refractivity contribution is 7.08. The van der Waals surface area contributed by atoms with Crippen molar-refractivity contribution in [1.82, 2.24) is 19.0 Å². The Labute approximate surface area is 161 Å². The molecule has 3 aromatic heterocycles. The number of pyridine rings is 1. The van der Waals surface area contributed by atoms with Crippen molar-refractivity contribution < 1.29 is 4.79 Å². The summed E-state index contributed by atoms with van der Waals surface area (Å²) in [5.74, 6) is -0.163. The van der Waals surface area contributed by atoms with E-state index in [4.69, 9.17) is 0 Å². The SMILES string of the molecule is CCCc1nnsc1C(=O)Nc1ccc(-c2cn3ccc(C)cc3n2)cc1. The summed E-state index contributed by atoms with van der Waals surface area (Å²) in [7, 11) is 0. The second-order valence-electron chi connectivity index (χ2n) is 6.43. The number of amides is 1. The highest BCUT2D eigenvalue weighted by Gasteiger charge is 2.16. The van der Waals surface area contributed by atoms with E-state index in [1.807, 2.05) is 41.1 Å². The van der Waals surface area contributed by atoms with Crippen molar-refractivity contribution in [2.24, 2.45) is 0 Å². The first-order valence-corrected chi connectivity index (χ1v) is 9.60. The molecule has 7 heteroatoms. The third-order valence-electron chi connectivity index (χ3n) is 4.30. The van der Waals surface area contributed by atoms with Crippen molar-refractivity contribution >= 4 is 28.8 Å². The number of imidazole rings is 1. The first-order chi connectivity index (χ1) is 13.1. The highest BCUT2D eigenvalue weighted by Crippen LogP contribution is 2.22. The first-order valence-electron chi connectivity index (χ1n) is 8.82. The van der Waals surface area contributed by atoms with Gasteiger partial charge in [-0.1, -0.05) is 30.0 Å². The van der Waals surface area contributed by atoms with E-state index in [0.29, 0.717) is 4.88 Å². The maximum atomic E-state index is 12.5. The van der Waals surface area contributed by atoms with Crippen molar-refractivity contribution in [3.05, 3.63) is 64.9 Å². The number of aryl methyl sites for hydroxylation is 2. The fraction of sp³-hybridized carbons (Fsp3) is 0.200. The van der Waals surface area contributed by atoms with Crippen LogP contribution in [0.4, 0.5) is 5.69 Å². The molecule has 1 aromatic carbocycles. The summed E-state index contributed by atoms with van der Waals surface area (Å²) in [6, 6.07) is 11.8. The van der Waals surface area contributed by atoms with Crippen LogP contribution < -0.4 is 5.32 Å². The monoisotopic (exact) mass is 377 g/mol. The standard InChI is InChI=1S/C20H19N5OS/c1-3-4-16-19(27-24-23-16)20(26)21-15-7-5-14(6-8-15)17-12-25-10-9-13(2)11-18(25)22-17/h5-12H,3-4H2,1-2H3,(H,21,26). The number of nitrogens with zero attached hydrogens (tertiary/aromatic N) is 4. The Morgan fingerprint density at radius 1 is 1.22 bits per heavy atom. The van der Waals surface area contributed by atoms with E-state index < -0.39 is 0 Å². The summed E-state index contributed by atoms with van der Waals surface area (Å²) < 4.78 is 5.91. The van der Waals surface area contributed by atoms with Crippen molar-refractivity contribution in [1.29, 1.82) is 0 Å². The topological polar surface area (TPSA) is 72.2 Å². The summed E-state index contributed by atoms with van der Waals surface area (Å²) in [4.78, 5) is 17.7. The third-order valence-corrected chi connectivity index (χ3v) is 5.07. The molecule has 0 atom stereocenters. The molecule has 4 rings (SSSR count). The molecule has 0 spiro atoms. The first kappa shape index (κ1) is 17.4. The lowest BCUT2D eigenvalue weighted by atomic mass is 10.1. The highest BCUT2D eigenvalue weighted by atomic mass is 32.1. The van der Waals surface area contributed by atoms with Crippen LogP contribution in [0.5, 0.6) is 0 Å². The predicted octanol–water partition coefficient (Wildman–Crippen LogP) is 4.37. The lowest BCUT2D eigenvalue weighted by molar-refractivity contribution is 0.102. The van der Waals surface area contributed by atoms with Crippen molar-refractivity contribution in [2.75, 3.05) is 5.32 Å². The molecule has 1 N–H and O–H groups in total. The van der Waals surface area contributed by atoms with Crippen LogP contribution in [0.2, 0.25) is 0 Å². The Morgan fingerprint density at radius 2 is 2.04 bits per heavy atom. The molecular formula is C20H19N5OS. The number of carbonyl (C=O) groups excluding carboxylic acids is 1. The van der Waals surface area contributed by atoms with E-state index in [1.54, 1.807) is 0 Å². The second kappa shape index (κ2) is 7.28. The van der Waals surface area contributed by atoms with Crippen LogP contribution >= 0.6 is 11.5 Å². The third kappa shape index (κ3) is 3.59. The van der Waals surface area contributed by atoms with E-state index in [-0.39, 0.29) is 5.91 Å². The number of hydrogen-bond acceptors (Lipinski definition) is 5. The largest absolute Gasteiger partial charge is 0.321 e. The summed E-state index contributed by atoms with van der Waals surface area (Å²) in [6.07, 6.45) is 5.69. The Morgan fingerprint density at radius 3 is 2.81 bits per heavy atom. The van der Waals surface area contributed by atoms with E-state index in [0.717, 1.165) is 52.7 Å². The lowest BCUT2D eigenvalue weighted by Gasteiger charge is -2.05. The van der Waals surface area contributed by atoms with E-state index in [1.165, 1.54) is 5.56 Å². The minimum atomic E-state index is -0.163. The summed E-state index contributed by atoms with van der Waals surface area (Å²) in [5.41, 5.74) is 5.49. The zero-order valence-electron chi connectivity index (χ0n) is 15.1. The van der Waals surface area contributed by atoms with Crippen LogP contribution in [0, 0.1) is 6.92 Å². The van der Waals surface area contributed by atoms with Crippen LogP contribution in [0.15, 0.2) is 48.8 Å². The molecule has 0 aliphatic carbocycles. The van der Waals surface area contributed by atoms with Crippen LogP contribution in [-0.4, -0.2) is 24.9 Å². The molecule has 0 aliphatic heterocycles. The molecule has 0 fully saturated rings. The molecule has 0 unspecified atom stereocenters. The van der Waals surface area contributed by atoms with Gasteiger partial charge in [0.25, 0.3) is 5.91 Å². The number of hydrogen-bond donors (Lipinski definition) is 1. The van der Waals surface area contributed by atoms with Crippen LogP contribution in [0.3, 0.4) is 0 Å². The van der Waals surface area contributed by atoms with Gasteiger partial charge >= 0.3 is 0 Å². The smallest absolute Gasteiger partial charge is 0.269 e. The molecule has 1 amide bonds. The quantitative estimate of drug-likeness (QED) is 0.561. The summed E-state index contributed by atoms with van der Waals surface area (Å²) in [6.45, 7) is 4.11. The van der Waals surface area contributed by atoms with Gasteiger partial charge in [-0.3, -0.25) is 4.79 Å². The Bertz CT molecular complexity index is 1100. The number of benzene rings is 1. The van der Waals surface area contributed by atoms with E-state index in [2.05, 4.69) is 45.9 Å². The van der Waals surface area contributed by atoms with Gasteiger partial charge in [0.2, 0.25) is 0 Å². The molecule has 3 heterocycles. The van der Waals surface area contributed by atoms with Gasteiger partial charge in [-0.15, -0.1) is 5.10 Å². The fourth-order valence-corrected chi connectivity index (χ4v) is 3.52. The number of nitrogens with one attached hydrogen (secondary N) is 1. The fourth-order valence-electron chi connectivity index (χ4n) is 2.92. The predicted molar refractivity (Wildman–Crippen MR) is 107 cm³/mol. The molecule has 0 bridgehead atoms. The number of anilines is 1. The van der Waals surface area contributed by atoms with Gasteiger partial charge in [0, 0.05) is 23.6 Å². The number of fused-ring (bicyclic) bond motifs is 1. The summed E-state index contributed by atoms with van der Waals surface area (Å²) >= 11 is 1.13. The minimum Gasteiger partial charge on any atom is -0.321 e. The average Bonchev–Trinajstić information content (AvgIpc) is 3.29. The van der Waals surface area contributed by atoms with Gasteiger partial charge < -0.3 is 9.72 Å². The van der Waals surface area contributed by atoms with Gasteiger partial charge in [0.1, 0.15) is 10.5 Å². The molecule has 0 aliphatic rings. The zero-order valence-corrected chi connectivity index (χ0v) is 16.0. The van der Waals surface area contributed by atoms with Gasteiger partial charge in [-0.25, -0.2) is 4.98 Å². The molecule has 0 saturated heterocycles.